The van der Waals surface area contributed by atoms with Gasteiger partial charge in [-0.3, -0.25) is 14.4 Å². The molecule has 0 rings (SSSR count). The first-order chi connectivity index (χ1) is 26.0. The van der Waals surface area contributed by atoms with E-state index in [0.29, 0.717) is 19.3 Å². The molecule has 0 fully saturated rings. The lowest BCUT2D eigenvalue weighted by Gasteiger charge is -2.18. The maximum absolute atomic E-state index is 12.7. The Kier molecular flexibility index (Phi) is 40.0. The van der Waals surface area contributed by atoms with Crippen molar-refractivity contribution >= 4 is 17.9 Å². The normalized spacial score (nSPS) is 12.4. The fraction of sp³-hybridized carbons (Fsp3) is 0.766. The zero-order valence-corrected chi connectivity index (χ0v) is 34.8. The molecule has 0 heterocycles. The Morgan fingerprint density at radius 1 is 0.396 bits per heavy atom. The highest BCUT2D eigenvalue weighted by Gasteiger charge is 2.19. The molecule has 6 heteroatoms. The van der Waals surface area contributed by atoms with Crippen molar-refractivity contribution in [2.24, 2.45) is 0 Å². The highest BCUT2D eigenvalue weighted by atomic mass is 16.6. The van der Waals surface area contributed by atoms with Gasteiger partial charge in [0.15, 0.2) is 6.10 Å². The molecule has 53 heavy (non-hydrogen) atoms. The van der Waals surface area contributed by atoms with E-state index in [1.165, 1.54) is 77.0 Å². The molecule has 6 nitrogen and oxygen atoms in total. The third-order valence-electron chi connectivity index (χ3n) is 9.35. The third-order valence-corrected chi connectivity index (χ3v) is 9.35. The number of ether oxygens (including phenoxy) is 3. The van der Waals surface area contributed by atoms with Gasteiger partial charge in [0.2, 0.25) is 0 Å². The van der Waals surface area contributed by atoms with E-state index in [4.69, 9.17) is 14.2 Å². The summed E-state index contributed by atoms with van der Waals surface area (Å²) >= 11 is 0. The summed E-state index contributed by atoms with van der Waals surface area (Å²) in [6.45, 7) is 6.44. The molecule has 0 aliphatic rings. The molecule has 0 bridgehead atoms. The molecule has 0 saturated carbocycles. The van der Waals surface area contributed by atoms with Crippen molar-refractivity contribution in [2.75, 3.05) is 13.2 Å². The van der Waals surface area contributed by atoms with Gasteiger partial charge < -0.3 is 14.2 Å². The van der Waals surface area contributed by atoms with Crippen LogP contribution in [0.25, 0.3) is 0 Å². The average molecular weight is 743 g/mol. The van der Waals surface area contributed by atoms with Gasteiger partial charge in [0.25, 0.3) is 0 Å². The van der Waals surface area contributed by atoms with Crippen LogP contribution in [0, 0.1) is 0 Å². The minimum Gasteiger partial charge on any atom is -0.462 e. The molecule has 306 valence electrons. The fourth-order valence-electron chi connectivity index (χ4n) is 6.02. The summed E-state index contributed by atoms with van der Waals surface area (Å²) in [5, 5.41) is 0. The lowest BCUT2D eigenvalue weighted by Crippen LogP contribution is -2.30. The van der Waals surface area contributed by atoms with Crippen molar-refractivity contribution < 1.29 is 28.6 Å². The number of carbonyl (C=O) groups excluding carboxylic acids is 3. The first-order valence-corrected chi connectivity index (χ1v) is 22.1. The van der Waals surface area contributed by atoms with Gasteiger partial charge in [0.1, 0.15) is 13.2 Å². The Balaban J connectivity index is 4.33. The third kappa shape index (κ3) is 40.4. The van der Waals surface area contributed by atoms with Crippen molar-refractivity contribution in [3.63, 3.8) is 0 Å². The van der Waals surface area contributed by atoms with Crippen LogP contribution in [0.3, 0.4) is 0 Å². The smallest absolute Gasteiger partial charge is 0.306 e. The van der Waals surface area contributed by atoms with E-state index >= 15 is 0 Å². The molecule has 0 aromatic heterocycles. The highest BCUT2D eigenvalue weighted by molar-refractivity contribution is 5.71. The Morgan fingerprint density at radius 2 is 0.736 bits per heavy atom. The Hall–Kier alpha value is -2.63. The molecule has 1 atom stereocenters. The SMILES string of the molecule is CC/C=C\C/C=C\C/C=C\C/C=C\CCCCCCC(=O)OCC(COC(=O)CCCCCCCCC)OC(=O)CCCCCCCCCCCCC. The summed E-state index contributed by atoms with van der Waals surface area (Å²) in [4.78, 5) is 37.5. The van der Waals surface area contributed by atoms with Gasteiger partial charge in [-0.25, -0.2) is 0 Å². The Bertz CT molecular complexity index is 949. The van der Waals surface area contributed by atoms with Gasteiger partial charge >= 0.3 is 17.9 Å². The summed E-state index contributed by atoms with van der Waals surface area (Å²) in [7, 11) is 0. The summed E-state index contributed by atoms with van der Waals surface area (Å²) in [5.41, 5.74) is 0. The molecule has 0 aromatic rings. The van der Waals surface area contributed by atoms with Gasteiger partial charge in [-0.15, -0.1) is 0 Å². The molecule has 0 aromatic carbocycles. The molecule has 0 aliphatic carbocycles. The maximum Gasteiger partial charge on any atom is 0.306 e. The zero-order chi connectivity index (χ0) is 38.7. The summed E-state index contributed by atoms with van der Waals surface area (Å²) in [6, 6.07) is 0. The maximum atomic E-state index is 12.7. The lowest BCUT2D eigenvalue weighted by atomic mass is 10.1. The second kappa shape index (κ2) is 42.1. The number of rotatable bonds is 39. The van der Waals surface area contributed by atoms with Crippen LogP contribution < -0.4 is 0 Å². The van der Waals surface area contributed by atoms with E-state index in [-0.39, 0.29) is 31.1 Å². The minimum atomic E-state index is -0.775. The molecule has 1 unspecified atom stereocenters. The molecule has 0 N–H and O–H groups in total. The molecular formula is C47H82O6. The van der Waals surface area contributed by atoms with Gasteiger partial charge in [0, 0.05) is 19.3 Å². The largest absolute Gasteiger partial charge is 0.462 e. The van der Waals surface area contributed by atoms with Crippen LogP contribution in [0.15, 0.2) is 48.6 Å². The molecule has 0 radical (unpaired) electrons. The first-order valence-electron chi connectivity index (χ1n) is 22.1. The summed E-state index contributed by atoms with van der Waals surface area (Å²) in [5.74, 6) is -0.912. The monoisotopic (exact) mass is 743 g/mol. The van der Waals surface area contributed by atoms with Gasteiger partial charge in [0.05, 0.1) is 0 Å². The van der Waals surface area contributed by atoms with Gasteiger partial charge in [-0.05, 0) is 57.8 Å². The van der Waals surface area contributed by atoms with Crippen LogP contribution >= 0.6 is 0 Å². The topological polar surface area (TPSA) is 78.9 Å². The number of hydrogen-bond acceptors (Lipinski definition) is 6. The molecular weight excluding hydrogens is 661 g/mol. The highest BCUT2D eigenvalue weighted by Crippen LogP contribution is 2.14. The predicted molar refractivity (Wildman–Crippen MR) is 224 cm³/mol. The summed E-state index contributed by atoms with van der Waals surface area (Å²) in [6.07, 6.45) is 48.2. The van der Waals surface area contributed by atoms with Crippen molar-refractivity contribution in [3.8, 4) is 0 Å². The van der Waals surface area contributed by atoms with E-state index in [9.17, 15) is 14.4 Å². The summed E-state index contributed by atoms with van der Waals surface area (Å²) < 4.78 is 16.6. The van der Waals surface area contributed by atoms with Crippen LogP contribution in [0.1, 0.15) is 213 Å². The van der Waals surface area contributed by atoms with E-state index in [1.807, 2.05) is 0 Å². The molecule has 0 saturated heterocycles. The minimum absolute atomic E-state index is 0.0795. The van der Waals surface area contributed by atoms with Crippen LogP contribution in [-0.2, 0) is 28.6 Å². The Morgan fingerprint density at radius 3 is 1.15 bits per heavy atom. The average Bonchev–Trinajstić information content (AvgIpc) is 3.15. The quantitative estimate of drug-likeness (QED) is 0.0270. The number of allylic oxidation sites excluding steroid dienone is 8. The second-order valence-electron chi connectivity index (χ2n) is 14.6. The number of unbranched alkanes of at least 4 members (excludes halogenated alkanes) is 20. The standard InChI is InChI=1S/C47H82O6/c1-4-7-10-13-16-18-20-21-22-23-24-25-27-28-31-34-37-40-46(49)52-43-44(42-51-45(48)39-36-33-30-15-12-9-6-3)53-47(50)41-38-35-32-29-26-19-17-14-11-8-5-2/h7,10,16,18,21-22,24-25,44H,4-6,8-9,11-15,17,19-20,23,26-43H2,1-3H3/b10-7-,18-16-,22-21-,25-24-. The van der Waals surface area contributed by atoms with Gasteiger partial charge in [-0.2, -0.15) is 0 Å². The van der Waals surface area contributed by atoms with Crippen molar-refractivity contribution in [3.05, 3.63) is 48.6 Å². The van der Waals surface area contributed by atoms with Crippen molar-refractivity contribution in [2.45, 2.75) is 219 Å². The zero-order valence-electron chi connectivity index (χ0n) is 34.8. The molecule has 0 aliphatic heterocycles. The number of hydrogen-bond donors (Lipinski definition) is 0. The number of esters is 3. The molecule has 0 amide bonds. The van der Waals surface area contributed by atoms with Crippen molar-refractivity contribution in [1.29, 1.82) is 0 Å². The van der Waals surface area contributed by atoms with Crippen LogP contribution in [0.4, 0.5) is 0 Å². The predicted octanol–water partition coefficient (Wildman–Crippen LogP) is 14.0. The van der Waals surface area contributed by atoms with Crippen LogP contribution in [0.5, 0.6) is 0 Å². The van der Waals surface area contributed by atoms with Crippen molar-refractivity contribution in [1.82, 2.24) is 0 Å². The fourth-order valence-corrected chi connectivity index (χ4v) is 6.02. The van der Waals surface area contributed by atoms with E-state index in [1.54, 1.807) is 0 Å². The van der Waals surface area contributed by atoms with Crippen LogP contribution in [0.2, 0.25) is 0 Å². The van der Waals surface area contributed by atoms with E-state index < -0.39 is 6.10 Å². The van der Waals surface area contributed by atoms with Gasteiger partial charge in [-0.1, -0.05) is 185 Å². The first kappa shape index (κ1) is 50.4. The number of carbonyl (C=O) groups is 3. The van der Waals surface area contributed by atoms with E-state index in [0.717, 1.165) is 96.3 Å². The van der Waals surface area contributed by atoms with Crippen LogP contribution in [-0.4, -0.2) is 37.2 Å². The van der Waals surface area contributed by atoms with E-state index in [2.05, 4.69) is 69.4 Å². The lowest BCUT2D eigenvalue weighted by molar-refractivity contribution is -0.167. The second-order valence-corrected chi connectivity index (χ2v) is 14.6. The Labute approximate surface area is 327 Å². The molecule has 0 spiro atoms.